The van der Waals surface area contributed by atoms with Crippen molar-refractivity contribution in [2.75, 3.05) is 7.11 Å². The number of aromatic nitrogens is 1. The summed E-state index contributed by atoms with van der Waals surface area (Å²) in [7, 11) is 1.43. The number of esters is 1. The van der Waals surface area contributed by atoms with Crippen LogP contribution in [0.1, 0.15) is 41.6 Å². The summed E-state index contributed by atoms with van der Waals surface area (Å²) >= 11 is 0. The van der Waals surface area contributed by atoms with Gasteiger partial charge in [-0.25, -0.2) is 9.78 Å². The molecule has 0 aliphatic rings. The zero-order valence-electron chi connectivity index (χ0n) is 10.3. The van der Waals surface area contributed by atoms with E-state index in [1.54, 1.807) is 20.8 Å². The molecule has 0 spiro atoms. The van der Waals surface area contributed by atoms with Gasteiger partial charge in [-0.2, -0.15) is 0 Å². The first-order chi connectivity index (χ1) is 7.87. The van der Waals surface area contributed by atoms with Crippen LogP contribution in [0, 0.1) is 0 Å². The molecular formula is C12H15NO4. The molecule has 1 aromatic rings. The molecule has 5 nitrogen and oxygen atoms in total. The smallest absolute Gasteiger partial charge is 0.358 e. The molecule has 17 heavy (non-hydrogen) atoms. The zero-order chi connectivity index (χ0) is 13.1. The number of ether oxygens (including phenoxy) is 2. The molecule has 0 aromatic carbocycles. The lowest BCUT2D eigenvalue weighted by Gasteiger charge is -2.19. The third-order valence-electron chi connectivity index (χ3n) is 1.83. The maximum Gasteiger partial charge on any atom is 0.358 e. The predicted molar refractivity (Wildman–Crippen MR) is 61.3 cm³/mol. The highest BCUT2D eigenvalue weighted by Crippen LogP contribution is 2.16. The van der Waals surface area contributed by atoms with Gasteiger partial charge in [0.2, 0.25) is 5.88 Å². The van der Waals surface area contributed by atoms with Gasteiger partial charge in [-0.05, 0) is 26.8 Å². The molecule has 0 aliphatic carbocycles. The predicted octanol–water partition coefficient (Wildman–Crippen LogP) is 1.86. The average Bonchev–Trinajstić information content (AvgIpc) is 2.25. The number of methoxy groups -OCH3 is 1. The van der Waals surface area contributed by atoms with Crippen LogP contribution in [-0.4, -0.2) is 30.0 Å². The summed E-state index contributed by atoms with van der Waals surface area (Å²) < 4.78 is 10.0. The van der Waals surface area contributed by atoms with Crippen LogP contribution >= 0.6 is 0 Å². The Kier molecular flexibility index (Phi) is 3.83. The molecule has 0 bridgehead atoms. The van der Waals surface area contributed by atoms with Crippen molar-refractivity contribution in [1.82, 2.24) is 4.98 Å². The summed E-state index contributed by atoms with van der Waals surface area (Å²) in [6.07, 6.45) is 0.561. The third kappa shape index (κ3) is 3.55. The van der Waals surface area contributed by atoms with Gasteiger partial charge in [0.25, 0.3) is 0 Å². The minimum atomic E-state index is -0.640. The second kappa shape index (κ2) is 4.95. The van der Waals surface area contributed by atoms with E-state index in [2.05, 4.69) is 4.98 Å². The Labute approximate surface area is 99.8 Å². The van der Waals surface area contributed by atoms with Crippen LogP contribution in [0.5, 0.6) is 5.88 Å². The summed E-state index contributed by atoms with van der Waals surface area (Å²) in [5.74, 6) is -0.380. The number of nitrogens with zero attached hydrogens (tertiary/aromatic N) is 1. The van der Waals surface area contributed by atoms with Crippen LogP contribution in [0.3, 0.4) is 0 Å². The van der Waals surface area contributed by atoms with Crippen LogP contribution in [0.25, 0.3) is 0 Å². The van der Waals surface area contributed by atoms with E-state index in [4.69, 9.17) is 9.47 Å². The molecule has 0 N–H and O–H groups in total. The Morgan fingerprint density at radius 1 is 1.35 bits per heavy atom. The summed E-state index contributed by atoms with van der Waals surface area (Å²) in [6, 6.07) is 2.98. The van der Waals surface area contributed by atoms with Gasteiger partial charge in [0.15, 0.2) is 12.0 Å². The minimum Gasteiger partial charge on any atom is -0.481 e. The fourth-order valence-corrected chi connectivity index (χ4v) is 1.15. The van der Waals surface area contributed by atoms with Crippen LogP contribution < -0.4 is 4.74 Å². The monoisotopic (exact) mass is 237 g/mol. The number of rotatable bonds is 3. The van der Waals surface area contributed by atoms with Crippen LogP contribution in [0.2, 0.25) is 0 Å². The van der Waals surface area contributed by atoms with Gasteiger partial charge in [0.05, 0.1) is 7.11 Å². The first kappa shape index (κ1) is 13.2. The number of carbonyl (C=O) groups is 2. The largest absolute Gasteiger partial charge is 0.481 e. The second-order valence-electron chi connectivity index (χ2n) is 4.41. The Balaban J connectivity index is 3.10. The van der Waals surface area contributed by atoms with E-state index in [1.165, 1.54) is 19.2 Å². The van der Waals surface area contributed by atoms with Gasteiger partial charge in [-0.3, -0.25) is 4.79 Å². The fraction of sp³-hybridized carbons (Fsp3) is 0.417. The topological polar surface area (TPSA) is 65.5 Å². The number of hydrogen-bond donors (Lipinski definition) is 0. The number of hydrogen-bond acceptors (Lipinski definition) is 5. The van der Waals surface area contributed by atoms with Crippen molar-refractivity contribution in [3.8, 4) is 5.88 Å². The van der Waals surface area contributed by atoms with Crippen molar-refractivity contribution < 1.29 is 19.1 Å². The zero-order valence-corrected chi connectivity index (χ0v) is 10.3. The van der Waals surface area contributed by atoms with Crippen molar-refractivity contribution in [3.05, 3.63) is 23.4 Å². The van der Waals surface area contributed by atoms with E-state index in [0.717, 1.165) is 0 Å². The molecule has 0 saturated carbocycles. The number of carbonyl (C=O) groups excluding carboxylic acids is 2. The quantitative estimate of drug-likeness (QED) is 0.593. The van der Waals surface area contributed by atoms with Crippen molar-refractivity contribution in [2.45, 2.75) is 26.4 Å². The van der Waals surface area contributed by atoms with E-state index >= 15 is 0 Å². The first-order valence-electron chi connectivity index (χ1n) is 5.11. The van der Waals surface area contributed by atoms with Gasteiger partial charge in [-0.1, -0.05) is 0 Å². The molecule has 0 fully saturated rings. The molecule has 5 heteroatoms. The van der Waals surface area contributed by atoms with Gasteiger partial charge >= 0.3 is 5.97 Å². The summed E-state index contributed by atoms with van der Waals surface area (Å²) in [4.78, 5) is 26.5. The average molecular weight is 237 g/mol. The highest BCUT2D eigenvalue weighted by atomic mass is 16.6. The first-order valence-corrected chi connectivity index (χ1v) is 5.11. The molecule has 0 saturated heterocycles. The molecule has 0 radical (unpaired) electrons. The van der Waals surface area contributed by atoms with Gasteiger partial charge < -0.3 is 9.47 Å². The highest BCUT2D eigenvalue weighted by Gasteiger charge is 2.22. The van der Waals surface area contributed by atoms with Gasteiger partial charge in [0.1, 0.15) is 5.60 Å². The van der Waals surface area contributed by atoms with Crippen molar-refractivity contribution in [1.29, 1.82) is 0 Å². The maximum absolute atomic E-state index is 11.8. The lowest BCUT2D eigenvalue weighted by molar-refractivity contribution is 0.00606. The molecule has 0 aliphatic heterocycles. The molecule has 92 valence electrons. The summed E-state index contributed by atoms with van der Waals surface area (Å²) in [6.45, 7) is 5.23. The van der Waals surface area contributed by atoms with E-state index in [1.807, 2.05) is 0 Å². The normalized spacial score (nSPS) is 10.8. The maximum atomic E-state index is 11.8. The third-order valence-corrected chi connectivity index (χ3v) is 1.83. The number of pyridine rings is 1. The lowest BCUT2D eigenvalue weighted by Crippen LogP contribution is -2.25. The van der Waals surface area contributed by atoms with Crippen LogP contribution in [0.15, 0.2) is 12.1 Å². The molecular weight excluding hydrogens is 222 g/mol. The molecule has 0 unspecified atom stereocenters. The van der Waals surface area contributed by atoms with Gasteiger partial charge in [-0.15, -0.1) is 0 Å². The fourth-order valence-electron chi connectivity index (χ4n) is 1.15. The molecule has 1 aromatic heterocycles. The molecule has 1 rings (SSSR count). The van der Waals surface area contributed by atoms with E-state index in [-0.39, 0.29) is 17.1 Å². The summed E-state index contributed by atoms with van der Waals surface area (Å²) in [5, 5.41) is 0. The Morgan fingerprint density at radius 2 is 2.00 bits per heavy atom. The van der Waals surface area contributed by atoms with E-state index < -0.39 is 11.6 Å². The standard InChI is InChI=1S/C12H15NO4/c1-12(2,3)17-11(15)10-8(7-14)5-6-9(13-10)16-4/h5-7H,1-4H3. The summed E-state index contributed by atoms with van der Waals surface area (Å²) in [5.41, 5.74) is -0.489. The Morgan fingerprint density at radius 3 is 2.47 bits per heavy atom. The lowest BCUT2D eigenvalue weighted by atomic mass is 10.1. The number of aldehydes is 1. The van der Waals surface area contributed by atoms with E-state index in [9.17, 15) is 9.59 Å². The molecule has 0 atom stereocenters. The van der Waals surface area contributed by atoms with Crippen molar-refractivity contribution in [2.24, 2.45) is 0 Å². The van der Waals surface area contributed by atoms with Crippen molar-refractivity contribution >= 4 is 12.3 Å². The van der Waals surface area contributed by atoms with Crippen molar-refractivity contribution in [3.63, 3.8) is 0 Å². The van der Waals surface area contributed by atoms with Gasteiger partial charge in [0, 0.05) is 11.6 Å². The van der Waals surface area contributed by atoms with Crippen LogP contribution in [0.4, 0.5) is 0 Å². The van der Waals surface area contributed by atoms with E-state index in [0.29, 0.717) is 6.29 Å². The molecule has 1 heterocycles. The Hall–Kier alpha value is -1.91. The SMILES string of the molecule is COc1ccc(C=O)c(C(=O)OC(C)(C)C)n1. The molecule has 0 amide bonds. The van der Waals surface area contributed by atoms with Crippen LogP contribution in [-0.2, 0) is 4.74 Å². The highest BCUT2D eigenvalue weighted by molar-refractivity contribution is 5.96. The Bertz CT molecular complexity index is 435. The minimum absolute atomic E-state index is 0.0331. The second-order valence-corrected chi connectivity index (χ2v) is 4.41.